The van der Waals surface area contributed by atoms with Crippen LogP contribution in [0, 0.1) is 0 Å². The fraction of sp³-hybridized carbons (Fsp3) is 0.462. The number of carbonyl (C=O) groups excluding carboxylic acids is 1. The Balaban J connectivity index is 2.41. The lowest BCUT2D eigenvalue weighted by atomic mass is 10.1. The van der Waals surface area contributed by atoms with Crippen molar-refractivity contribution in [3.63, 3.8) is 0 Å². The number of amides is 1. The Morgan fingerprint density at radius 3 is 2.71 bits per heavy atom. The summed E-state index contributed by atoms with van der Waals surface area (Å²) in [5.74, 6) is 1.02. The summed E-state index contributed by atoms with van der Waals surface area (Å²) in [4.78, 5) is 11.6. The number of rotatable bonds is 7. The normalized spacial score (nSPS) is 12.1. The van der Waals surface area contributed by atoms with E-state index in [4.69, 9.17) is 0 Å². The first-order valence-electron chi connectivity index (χ1n) is 5.64. The maximum atomic E-state index is 11.6. The second-order valence-corrected chi connectivity index (χ2v) is 5.48. The molecule has 0 fully saturated rings. The largest absolute Gasteiger partial charge is 0.352 e. The van der Waals surface area contributed by atoms with Gasteiger partial charge in [-0.05, 0) is 18.2 Å². The van der Waals surface area contributed by atoms with Crippen molar-refractivity contribution in [3.05, 3.63) is 35.9 Å². The lowest BCUT2D eigenvalue weighted by Gasteiger charge is -2.16. The van der Waals surface area contributed by atoms with E-state index in [1.807, 2.05) is 24.5 Å². The highest BCUT2D eigenvalue weighted by atomic mass is 79.9. The van der Waals surface area contributed by atoms with Crippen LogP contribution in [0.15, 0.2) is 30.3 Å². The number of hydrogen-bond donors (Lipinski definition) is 1. The summed E-state index contributed by atoms with van der Waals surface area (Å²) in [5, 5.41) is 3.84. The molecule has 0 aliphatic heterocycles. The first kappa shape index (κ1) is 14.6. The van der Waals surface area contributed by atoms with Crippen molar-refractivity contribution in [1.29, 1.82) is 0 Å². The van der Waals surface area contributed by atoms with Crippen LogP contribution in [-0.4, -0.2) is 29.3 Å². The molecule has 94 valence electrons. The van der Waals surface area contributed by atoms with Crippen LogP contribution in [0.5, 0.6) is 0 Å². The first-order chi connectivity index (χ1) is 8.26. The standard InChI is InChI=1S/C13H18BrNOS/c1-17-8-7-13(16)15-12(10-14)9-11-5-3-2-4-6-11/h2-6,12H,7-10H2,1H3,(H,15,16). The molecule has 0 saturated carbocycles. The van der Waals surface area contributed by atoms with Crippen molar-refractivity contribution >= 4 is 33.6 Å². The maximum Gasteiger partial charge on any atom is 0.221 e. The van der Waals surface area contributed by atoms with Crippen LogP contribution in [0.1, 0.15) is 12.0 Å². The van der Waals surface area contributed by atoms with E-state index in [-0.39, 0.29) is 11.9 Å². The molecule has 1 N–H and O–H groups in total. The topological polar surface area (TPSA) is 29.1 Å². The Hall–Kier alpha value is -0.480. The van der Waals surface area contributed by atoms with Gasteiger partial charge in [0.25, 0.3) is 0 Å². The Morgan fingerprint density at radius 2 is 2.12 bits per heavy atom. The molecule has 0 aromatic heterocycles. The molecule has 1 rings (SSSR count). The molecule has 0 bridgehead atoms. The van der Waals surface area contributed by atoms with Gasteiger partial charge < -0.3 is 5.32 Å². The highest BCUT2D eigenvalue weighted by Gasteiger charge is 2.11. The summed E-state index contributed by atoms with van der Waals surface area (Å²) in [6.07, 6.45) is 3.48. The molecule has 0 spiro atoms. The number of thioether (sulfide) groups is 1. The van der Waals surface area contributed by atoms with E-state index < -0.39 is 0 Å². The number of alkyl halides is 1. The molecule has 17 heavy (non-hydrogen) atoms. The minimum Gasteiger partial charge on any atom is -0.352 e. The minimum atomic E-state index is 0.139. The van der Waals surface area contributed by atoms with E-state index in [0.29, 0.717) is 6.42 Å². The van der Waals surface area contributed by atoms with E-state index in [2.05, 4.69) is 33.4 Å². The summed E-state index contributed by atoms with van der Waals surface area (Å²) in [6, 6.07) is 10.4. The van der Waals surface area contributed by atoms with Gasteiger partial charge in [0.1, 0.15) is 0 Å². The highest BCUT2D eigenvalue weighted by Crippen LogP contribution is 2.06. The van der Waals surface area contributed by atoms with Crippen molar-refractivity contribution in [2.45, 2.75) is 18.9 Å². The number of benzene rings is 1. The van der Waals surface area contributed by atoms with E-state index in [1.165, 1.54) is 5.56 Å². The second kappa shape index (κ2) is 8.59. The average Bonchev–Trinajstić information content (AvgIpc) is 2.36. The van der Waals surface area contributed by atoms with Gasteiger partial charge in [-0.25, -0.2) is 0 Å². The first-order valence-corrected chi connectivity index (χ1v) is 8.16. The lowest BCUT2D eigenvalue weighted by molar-refractivity contribution is -0.121. The zero-order valence-electron chi connectivity index (χ0n) is 9.99. The summed E-state index contributed by atoms with van der Waals surface area (Å²) in [5.41, 5.74) is 1.25. The van der Waals surface area contributed by atoms with Crippen molar-refractivity contribution in [1.82, 2.24) is 5.32 Å². The SMILES string of the molecule is CSCCC(=O)NC(CBr)Cc1ccccc1. The van der Waals surface area contributed by atoms with Gasteiger partial charge in [-0.3, -0.25) is 4.79 Å². The molecule has 1 aromatic carbocycles. The van der Waals surface area contributed by atoms with Gasteiger partial charge in [-0.15, -0.1) is 0 Å². The van der Waals surface area contributed by atoms with Crippen molar-refractivity contribution in [3.8, 4) is 0 Å². The van der Waals surface area contributed by atoms with Gasteiger partial charge in [-0.2, -0.15) is 11.8 Å². The summed E-state index contributed by atoms with van der Waals surface area (Å²) in [7, 11) is 0. The van der Waals surface area contributed by atoms with Gasteiger partial charge in [-0.1, -0.05) is 46.3 Å². The molecule has 0 radical (unpaired) electrons. The monoisotopic (exact) mass is 315 g/mol. The van der Waals surface area contributed by atoms with E-state index in [1.54, 1.807) is 11.8 Å². The van der Waals surface area contributed by atoms with Crippen molar-refractivity contribution in [2.24, 2.45) is 0 Å². The number of carbonyl (C=O) groups is 1. The third-order valence-electron chi connectivity index (χ3n) is 2.41. The average molecular weight is 316 g/mol. The van der Waals surface area contributed by atoms with Crippen LogP contribution in [0.25, 0.3) is 0 Å². The molecule has 1 aromatic rings. The van der Waals surface area contributed by atoms with Gasteiger partial charge in [0, 0.05) is 23.5 Å². The molecule has 0 saturated heterocycles. The number of nitrogens with one attached hydrogen (secondary N) is 1. The molecular weight excluding hydrogens is 298 g/mol. The smallest absolute Gasteiger partial charge is 0.221 e. The summed E-state index contributed by atoms with van der Waals surface area (Å²) < 4.78 is 0. The van der Waals surface area contributed by atoms with Crippen LogP contribution in [0.3, 0.4) is 0 Å². The van der Waals surface area contributed by atoms with Crippen LogP contribution < -0.4 is 5.32 Å². The van der Waals surface area contributed by atoms with Gasteiger partial charge in [0.15, 0.2) is 0 Å². The van der Waals surface area contributed by atoms with Crippen LogP contribution >= 0.6 is 27.7 Å². The summed E-state index contributed by atoms with van der Waals surface area (Å²) in [6.45, 7) is 0. The van der Waals surface area contributed by atoms with Crippen LogP contribution in [0.4, 0.5) is 0 Å². The number of hydrogen-bond acceptors (Lipinski definition) is 2. The molecular formula is C13H18BrNOS. The molecule has 2 nitrogen and oxygen atoms in total. The third kappa shape index (κ3) is 6.13. The quantitative estimate of drug-likeness (QED) is 0.784. The molecule has 1 amide bonds. The minimum absolute atomic E-state index is 0.139. The van der Waals surface area contributed by atoms with Crippen LogP contribution in [0.2, 0.25) is 0 Å². The highest BCUT2D eigenvalue weighted by molar-refractivity contribution is 9.09. The van der Waals surface area contributed by atoms with Gasteiger partial charge in [0.2, 0.25) is 5.91 Å². The van der Waals surface area contributed by atoms with Gasteiger partial charge >= 0.3 is 0 Å². The van der Waals surface area contributed by atoms with E-state index in [0.717, 1.165) is 17.5 Å². The third-order valence-corrected chi connectivity index (χ3v) is 3.80. The molecule has 4 heteroatoms. The van der Waals surface area contributed by atoms with Gasteiger partial charge in [0.05, 0.1) is 0 Å². The molecule has 0 aliphatic carbocycles. The summed E-state index contributed by atoms with van der Waals surface area (Å²) >= 11 is 5.15. The van der Waals surface area contributed by atoms with Crippen molar-refractivity contribution < 1.29 is 4.79 Å². The maximum absolute atomic E-state index is 11.6. The van der Waals surface area contributed by atoms with Crippen LogP contribution in [-0.2, 0) is 11.2 Å². The van der Waals surface area contributed by atoms with Crippen molar-refractivity contribution in [2.75, 3.05) is 17.3 Å². The molecule has 1 unspecified atom stereocenters. The molecule has 1 atom stereocenters. The predicted octanol–water partition coefficient (Wildman–Crippen LogP) is 2.86. The predicted molar refractivity (Wildman–Crippen MR) is 78.9 cm³/mol. The zero-order chi connectivity index (χ0) is 12.5. The second-order valence-electron chi connectivity index (χ2n) is 3.85. The fourth-order valence-corrected chi connectivity index (χ4v) is 2.32. The Morgan fingerprint density at radius 1 is 1.41 bits per heavy atom. The Bertz CT molecular complexity index is 331. The lowest BCUT2D eigenvalue weighted by Crippen LogP contribution is -2.37. The molecule has 0 aliphatic rings. The Kier molecular flexibility index (Phi) is 7.37. The van der Waals surface area contributed by atoms with E-state index >= 15 is 0 Å². The zero-order valence-corrected chi connectivity index (χ0v) is 12.4. The van der Waals surface area contributed by atoms with E-state index in [9.17, 15) is 4.79 Å². The number of halogens is 1. The molecule has 0 heterocycles. The fourth-order valence-electron chi connectivity index (χ4n) is 1.54. The Labute approximate surface area is 116 Å².